The average molecular weight is 222 g/mol. The second kappa shape index (κ2) is 3.84. The molecule has 2 bridgehead atoms. The van der Waals surface area contributed by atoms with E-state index in [1.54, 1.807) is 0 Å². The Morgan fingerprint density at radius 1 is 1.25 bits per heavy atom. The highest BCUT2D eigenvalue weighted by atomic mass is 16.2. The van der Waals surface area contributed by atoms with Crippen molar-refractivity contribution in [3.63, 3.8) is 0 Å². The molecular formula is C12H18N2O2. The van der Waals surface area contributed by atoms with E-state index < -0.39 is 0 Å². The van der Waals surface area contributed by atoms with Gasteiger partial charge in [-0.1, -0.05) is 6.42 Å². The molecule has 1 saturated heterocycles. The predicted molar refractivity (Wildman–Crippen MR) is 58.5 cm³/mol. The monoisotopic (exact) mass is 222 g/mol. The molecule has 4 atom stereocenters. The van der Waals surface area contributed by atoms with Crippen LogP contribution in [0.1, 0.15) is 32.1 Å². The summed E-state index contributed by atoms with van der Waals surface area (Å²) in [6, 6.07) is -0.272. The lowest BCUT2D eigenvalue weighted by atomic mass is 9.88. The van der Waals surface area contributed by atoms with Crippen LogP contribution in [0.3, 0.4) is 0 Å². The van der Waals surface area contributed by atoms with Crippen LogP contribution in [0.2, 0.25) is 0 Å². The van der Waals surface area contributed by atoms with Crippen LogP contribution in [-0.4, -0.2) is 24.4 Å². The minimum absolute atomic E-state index is 0.143. The Labute approximate surface area is 95.2 Å². The van der Waals surface area contributed by atoms with E-state index in [2.05, 4.69) is 10.6 Å². The number of nitrogens with one attached hydrogen (secondary N) is 2. The molecule has 1 aliphatic heterocycles. The molecule has 2 saturated carbocycles. The van der Waals surface area contributed by atoms with Crippen molar-refractivity contribution in [2.45, 2.75) is 38.1 Å². The van der Waals surface area contributed by atoms with Crippen LogP contribution in [-0.2, 0) is 9.59 Å². The number of carbonyl (C=O) groups excluding carboxylic acids is 2. The molecule has 0 aromatic carbocycles. The van der Waals surface area contributed by atoms with E-state index in [1.807, 2.05) is 0 Å². The second-order valence-electron chi connectivity index (χ2n) is 5.51. The molecule has 0 radical (unpaired) electrons. The Kier molecular flexibility index (Phi) is 2.46. The molecule has 4 nitrogen and oxygen atoms in total. The zero-order chi connectivity index (χ0) is 11.1. The summed E-state index contributed by atoms with van der Waals surface area (Å²) in [5.41, 5.74) is 0. The van der Waals surface area contributed by atoms with Gasteiger partial charge < -0.3 is 5.32 Å². The van der Waals surface area contributed by atoms with Crippen LogP contribution in [0.4, 0.5) is 0 Å². The van der Waals surface area contributed by atoms with E-state index in [0.29, 0.717) is 6.42 Å². The van der Waals surface area contributed by atoms with Gasteiger partial charge in [0.05, 0.1) is 12.5 Å². The van der Waals surface area contributed by atoms with Crippen molar-refractivity contribution in [3.8, 4) is 0 Å². The highest BCUT2D eigenvalue weighted by Gasteiger charge is 2.40. The summed E-state index contributed by atoms with van der Waals surface area (Å²) >= 11 is 0. The first-order chi connectivity index (χ1) is 7.72. The number of rotatable bonds is 3. The highest BCUT2D eigenvalue weighted by Crippen LogP contribution is 2.47. The number of carbonyl (C=O) groups is 2. The van der Waals surface area contributed by atoms with Gasteiger partial charge in [-0.2, -0.15) is 0 Å². The van der Waals surface area contributed by atoms with Gasteiger partial charge in [-0.15, -0.1) is 0 Å². The lowest BCUT2D eigenvalue weighted by Gasteiger charge is -2.23. The molecule has 16 heavy (non-hydrogen) atoms. The quantitative estimate of drug-likeness (QED) is 0.681. The second-order valence-corrected chi connectivity index (χ2v) is 5.51. The minimum atomic E-state index is -0.272. The third-order valence-electron chi connectivity index (χ3n) is 4.48. The molecule has 4 heteroatoms. The number of imide groups is 1. The third kappa shape index (κ3) is 1.75. The molecule has 88 valence electrons. The Bertz CT molecular complexity index is 329. The number of hydrogen-bond donors (Lipinski definition) is 2. The molecular weight excluding hydrogens is 204 g/mol. The summed E-state index contributed by atoms with van der Waals surface area (Å²) in [7, 11) is 0. The van der Waals surface area contributed by atoms with Gasteiger partial charge in [0, 0.05) is 0 Å². The van der Waals surface area contributed by atoms with Crippen LogP contribution < -0.4 is 10.6 Å². The van der Waals surface area contributed by atoms with E-state index >= 15 is 0 Å². The summed E-state index contributed by atoms with van der Waals surface area (Å²) < 4.78 is 0. The zero-order valence-electron chi connectivity index (χ0n) is 9.37. The first-order valence-corrected chi connectivity index (χ1v) is 6.29. The van der Waals surface area contributed by atoms with Gasteiger partial charge in [0.25, 0.3) is 0 Å². The molecule has 3 aliphatic rings. The van der Waals surface area contributed by atoms with E-state index in [9.17, 15) is 9.59 Å². The van der Waals surface area contributed by atoms with E-state index in [1.165, 1.54) is 25.7 Å². The molecule has 0 aromatic rings. The van der Waals surface area contributed by atoms with E-state index in [-0.39, 0.29) is 17.9 Å². The summed E-state index contributed by atoms with van der Waals surface area (Å²) in [4.78, 5) is 22.4. The SMILES string of the molecule is O=C1CC(NCC2CC3CCC2C3)C(=O)N1. The van der Waals surface area contributed by atoms with Gasteiger partial charge in [-0.05, 0) is 43.6 Å². The van der Waals surface area contributed by atoms with Gasteiger partial charge in [0.2, 0.25) is 11.8 Å². The van der Waals surface area contributed by atoms with Crippen LogP contribution in [0, 0.1) is 17.8 Å². The Morgan fingerprint density at radius 3 is 2.69 bits per heavy atom. The number of amides is 2. The fraction of sp³-hybridized carbons (Fsp3) is 0.833. The molecule has 3 fully saturated rings. The average Bonchev–Trinajstić information content (AvgIpc) is 2.91. The maximum atomic E-state index is 11.4. The molecule has 3 rings (SSSR count). The Balaban J connectivity index is 1.50. The minimum Gasteiger partial charge on any atom is -0.305 e. The maximum absolute atomic E-state index is 11.4. The van der Waals surface area contributed by atoms with Gasteiger partial charge in [0.1, 0.15) is 0 Å². The van der Waals surface area contributed by atoms with Crippen molar-refractivity contribution < 1.29 is 9.59 Å². The van der Waals surface area contributed by atoms with E-state index in [4.69, 9.17) is 0 Å². The van der Waals surface area contributed by atoms with Crippen LogP contribution >= 0.6 is 0 Å². The molecule has 1 heterocycles. The Morgan fingerprint density at radius 2 is 2.12 bits per heavy atom. The number of fused-ring (bicyclic) bond motifs is 2. The largest absolute Gasteiger partial charge is 0.305 e. The van der Waals surface area contributed by atoms with Crippen molar-refractivity contribution in [2.75, 3.05) is 6.54 Å². The standard InChI is InChI=1S/C12H18N2O2/c15-11-5-10(12(16)14-11)13-6-9-4-7-1-2-8(9)3-7/h7-10,13H,1-6H2,(H,14,15,16). The van der Waals surface area contributed by atoms with Crippen molar-refractivity contribution in [2.24, 2.45) is 17.8 Å². The lowest BCUT2D eigenvalue weighted by molar-refractivity contribution is -0.125. The summed E-state index contributed by atoms with van der Waals surface area (Å²) in [6.45, 7) is 0.909. The third-order valence-corrected chi connectivity index (χ3v) is 4.48. The molecule has 4 unspecified atom stereocenters. The van der Waals surface area contributed by atoms with Crippen molar-refractivity contribution in [1.82, 2.24) is 10.6 Å². The fourth-order valence-electron chi connectivity index (χ4n) is 3.64. The van der Waals surface area contributed by atoms with Crippen LogP contribution in [0.25, 0.3) is 0 Å². The molecule has 2 amide bonds. The Hall–Kier alpha value is -0.900. The summed E-state index contributed by atoms with van der Waals surface area (Å²) in [5.74, 6) is 2.26. The molecule has 2 N–H and O–H groups in total. The summed E-state index contributed by atoms with van der Waals surface area (Å²) in [6.07, 6.45) is 5.80. The van der Waals surface area contributed by atoms with Gasteiger partial charge in [-0.25, -0.2) is 0 Å². The lowest BCUT2D eigenvalue weighted by Crippen LogP contribution is -2.39. The topological polar surface area (TPSA) is 58.2 Å². The van der Waals surface area contributed by atoms with Gasteiger partial charge in [-0.3, -0.25) is 14.9 Å². The van der Waals surface area contributed by atoms with Gasteiger partial charge >= 0.3 is 0 Å². The molecule has 2 aliphatic carbocycles. The van der Waals surface area contributed by atoms with Crippen LogP contribution in [0.15, 0.2) is 0 Å². The van der Waals surface area contributed by atoms with E-state index in [0.717, 1.165) is 24.3 Å². The van der Waals surface area contributed by atoms with Crippen LogP contribution in [0.5, 0.6) is 0 Å². The van der Waals surface area contributed by atoms with Crippen molar-refractivity contribution in [1.29, 1.82) is 0 Å². The first kappa shape index (κ1) is 10.3. The zero-order valence-corrected chi connectivity index (χ0v) is 9.37. The van der Waals surface area contributed by atoms with Crippen molar-refractivity contribution in [3.05, 3.63) is 0 Å². The normalized spacial score (nSPS) is 41.8. The summed E-state index contributed by atoms with van der Waals surface area (Å²) in [5, 5.41) is 5.59. The van der Waals surface area contributed by atoms with Crippen molar-refractivity contribution >= 4 is 11.8 Å². The molecule has 0 spiro atoms. The first-order valence-electron chi connectivity index (χ1n) is 6.29. The highest BCUT2D eigenvalue weighted by molar-refractivity contribution is 6.05. The van der Waals surface area contributed by atoms with Gasteiger partial charge in [0.15, 0.2) is 0 Å². The smallest absolute Gasteiger partial charge is 0.244 e. The predicted octanol–water partition coefficient (Wildman–Crippen LogP) is 0.427. The molecule has 0 aromatic heterocycles. The fourth-order valence-corrected chi connectivity index (χ4v) is 3.64. The maximum Gasteiger partial charge on any atom is 0.244 e. The number of hydrogen-bond acceptors (Lipinski definition) is 3.